The summed E-state index contributed by atoms with van der Waals surface area (Å²) >= 11 is 0. The number of hydrogen-bond donors (Lipinski definition) is 0. The van der Waals surface area contributed by atoms with Crippen LogP contribution in [0.1, 0.15) is 27.6 Å². The number of nitrogens with zero attached hydrogens (tertiary/aromatic N) is 3. The highest BCUT2D eigenvalue weighted by molar-refractivity contribution is 6.52. The minimum absolute atomic E-state index is 0.0153. The molecule has 1 aromatic carbocycles. The number of aromatic nitrogens is 2. The normalized spacial score (nSPS) is 14.1. The van der Waals surface area contributed by atoms with E-state index >= 15 is 0 Å². The summed E-state index contributed by atoms with van der Waals surface area (Å²) in [6, 6.07) is 2.35. The van der Waals surface area contributed by atoms with Gasteiger partial charge in [-0.3, -0.25) is 14.5 Å². The van der Waals surface area contributed by atoms with Crippen LogP contribution in [0.15, 0.2) is 16.7 Å². The molecule has 0 bridgehead atoms. The van der Waals surface area contributed by atoms with E-state index in [-0.39, 0.29) is 12.1 Å². The first-order chi connectivity index (χ1) is 9.47. The molecule has 0 N–H and O–H groups in total. The van der Waals surface area contributed by atoms with E-state index in [9.17, 15) is 14.0 Å². The maximum atomic E-state index is 13.4. The number of ketones is 1. The van der Waals surface area contributed by atoms with E-state index in [0.717, 1.165) is 6.07 Å². The topological polar surface area (TPSA) is 76.3 Å². The van der Waals surface area contributed by atoms with Crippen LogP contribution in [0.5, 0.6) is 0 Å². The second-order valence-corrected chi connectivity index (χ2v) is 4.57. The third-order valence-electron chi connectivity index (χ3n) is 3.09. The zero-order valence-electron chi connectivity index (χ0n) is 10.8. The molecule has 0 spiro atoms. The van der Waals surface area contributed by atoms with Crippen LogP contribution in [0.2, 0.25) is 0 Å². The predicted octanol–water partition coefficient (Wildman–Crippen LogP) is 1.56. The molecule has 1 aromatic heterocycles. The number of Topliss-reactive ketones (excluding diaryl/α,β-unsaturated/α-hetero) is 1. The fourth-order valence-electron chi connectivity index (χ4n) is 2.30. The first kappa shape index (κ1) is 12.5. The van der Waals surface area contributed by atoms with Crippen molar-refractivity contribution in [2.24, 2.45) is 0 Å². The molecule has 1 amide bonds. The van der Waals surface area contributed by atoms with Gasteiger partial charge in [0.15, 0.2) is 5.82 Å². The largest absolute Gasteiger partial charge is 0.340 e. The molecule has 0 saturated heterocycles. The van der Waals surface area contributed by atoms with Gasteiger partial charge in [0.25, 0.3) is 11.7 Å². The number of halogens is 1. The highest BCUT2D eigenvalue weighted by Gasteiger charge is 2.38. The molecule has 0 fully saturated rings. The van der Waals surface area contributed by atoms with E-state index in [1.54, 1.807) is 13.8 Å². The Morgan fingerprint density at radius 3 is 2.70 bits per heavy atom. The smallest absolute Gasteiger partial charge is 0.299 e. The SMILES string of the molecule is Cc1nc(CN2C(=O)C(=O)c3cc(F)cc(C)c32)no1. The number of hydrogen-bond acceptors (Lipinski definition) is 5. The summed E-state index contributed by atoms with van der Waals surface area (Å²) in [6.45, 7) is 3.28. The molecule has 0 atom stereocenters. The fourth-order valence-corrected chi connectivity index (χ4v) is 2.30. The van der Waals surface area contributed by atoms with Gasteiger partial charge in [-0.2, -0.15) is 4.98 Å². The van der Waals surface area contributed by atoms with Crippen LogP contribution in [0, 0.1) is 19.7 Å². The van der Waals surface area contributed by atoms with Gasteiger partial charge in [0.2, 0.25) is 5.89 Å². The zero-order valence-corrected chi connectivity index (χ0v) is 10.8. The minimum Gasteiger partial charge on any atom is -0.340 e. The van der Waals surface area contributed by atoms with Gasteiger partial charge in [-0.15, -0.1) is 0 Å². The molecule has 2 heterocycles. The first-order valence-electron chi connectivity index (χ1n) is 5.93. The van der Waals surface area contributed by atoms with Gasteiger partial charge in [0.05, 0.1) is 17.8 Å². The van der Waals surface area contributed by atoms with Crippen molar-refractivity contribution in [1.82, 2.24) is 10.1 Å². The van der Waals surface area contributed by atoms with Crippen molar-refractivity contribution in [3.8, 4) is 0 Å². The summed E-state index contributed by atoms with van der Waals surface area (Å²) in [5.74, 6) is -1.31. The Hall–Kier alpha value is -2.57. The molecular formula is C13H10FN3O3. The Bertz CT molecular complexity index is 738. The van der Waals surface area contributed by atoms with Gasteiger partial charge in [0, 0.05) is 6.92 Å². The van der Waals surface area contributed by atoms with Crippen molar-refractivity contribution < 1.29 is 18.5 Å². The van der Waals surface area contributed by atoms with Gasteiger partial charge in [0.1, 0.15) is 5.82 Å². The molecule has 0 aliphatic carbocycles. The average Bonchev–Trinajstić information content (AvgIpc) is 2.88. The predicted molar refractivity (Wildman–Crippen MR) is 65.7 cm³/mol. The number of carbonyl (C=O) groups excluding carboxylic acids is 2. The van der Waals surface area contributed by atoms with Crippen molar-refractivity contribution in [3.05, 3.63) is 40.8 Å². The van der Waals surface area contributed by atoms with E-state index in [1.165, 1.54) is 11.0 Å². The Morgan fingerprint density at radius 2 is 2.05 bits per heavy atom. The standard InChI is InChI=1S/C13H10FN3O3/c1-6-3-8(14)4-9-11(6)17(13(19)12(9)18)5-10-15-7(2)20-16-10/h3-4H,5H2,1-2H3. The second-order valence-electron chi connectivity index (χ2n) is 4.57. The molecule has 0 unspecified atom stereocenters. The van der Waals surface area contributed by atoms with E-state index in [1.807, 2.05) is 0 Å². The monoisotopic (exact) mass is 275 g/mol. The number of rotatable bonds is 2. The van der Waals surface area contributed by atoms with Crippen molar-refractivity contribution in [1.29, 1.82) is 0 Å². The van der Waals surface area contributed by atoms with Gasteiger partial charge in [-0.1, -0.05) is 5.16 Å². The summed E-state index contributed by atoms with van der Waals surface area (Å²) in [5, 5.41) is 3.69. The molecule has 2 aromatic rings. The highest BCUT2D eigenvalue weighted by Crippen LogP contribution is 2.33. The average molecular weight is 275 g/mol. The van der Waals surface area contributed by atoms with Crippen LogP contribution in [0.4, 0.5) is 10.1 Å². The number of carbonyl (C=O) groups is 2. The first-order valence-corrected chi connectivity index (χ1v) is 5.93. The van der Waals surface area contributed by atoms with E-state index in [2.05, 4.69) is 10.1 Å². The summed E-state index contributed by atoms with van der Waals surface area (Å²) in [5.41, 5.74) is 0.996. The Labute approximate surface area is 113 Å². The molecule has 102 valence electrons. The van der Waals surface area contributed by atoms with Crippen molar-refractivity contribution in [2.75, 3.05) is 4.90 Å². The lowest BCUT2D eigenvalue weighted by Gasteiger charge is -2.16. The lowest BCUT2D eigenvalue weighted by Crippen LogP contribution is -2.30. The number of amides is 1. The summed E-state index contributed by atoms with van der Waals surface area (Å²) in [7, 11) is 0. The maximum absolute atomic E-state index is 13.4. The molecule has 0 radical (unpaired) electrons. The van der Waals surface area contributed by atoms with Crippen molar-refractivity contribution >= 4 is 17.4 Å². The van der Waals surface area contributed by atoms with Crippen LogP contribution < -0.4 is 4.90 Å². The van der Waals surface area contributed by atoms with Crippen LogP contribution in [-0.2, 0) is 11.3 Å². The lowest BCUT2D eigenvalue weighted by molar-refractivity contribution is -0.114. The van der Waals surface area contributed by atoms with Crippen LogP contribution in [0.25, 0.3) is 0 Å². The Balaban J connectivity index is 2.06. The molecule has 0 saturated carbocycles. The second kappa shape index (κ2) is 4.22. The van der Waals surface area contributed by atoms with Gasteiger partial charge in [-0.25, -0.2) is 4.39 Å². The zero-order chi connectivity index (χ0) is 14.4. The maximum Gasteiger partial charge on any atom is 0.299 e. The molecule has 20 heavy (non-hydrogen) atoms. The summed E-state index contributed by atoms with van der Waals surface area (Å²) in [6.07, 6.45) is 0. The summed E-state index contributed by atoms with van der Waals surface area (Å²) < 4.78 is 18.2. The van der Waals surface area contributed by atoms with E-state index < -0.39 is 17.5 Å². The molecule has 1 aliphatic rings. The van der Waals surface area contributed by atoms with Gasteiger partial charge < -0.3 is 4.52 Å². The number of aryl methyl sites for hydroxylation is 2. The third-order valence-corrected chi connectivity index (χ3v) is 3.09. The minimum atomic E-state index is -0.720. The number of fused-ring (bicyclic) bond motifs is 1. The fraction of sp³-hybridized carbons (Fsp3) is 0.231. The summed E-state index contributed by atoms with van der Waals surface area (Å²) in [4.78, 5) is 29.1. The molecule has 6 nitrogen and oxygen atoms in total. The van der Waals surface area contributed by atoms with E-state index in [0.29, 0.717) is 23.0 Å². The molecule has 7 heteroatoms. The van der Waals surface area contributed by atoms with Crippen LogP contribution in [0.3, 0.4) is 0 Å². The molecule has 3 rings (SSSR count). The number of benzene rings is 1. The lowest BCUT2D eigenvalue weighted by atomic mass is 10.1. The van der Waals surface area contributed by atoms with Crippen molar-refractivity contribution in [2.45, 2.75) is 20.4 Å². The van der Waals surface area contributed by atoms with Crippen molar-refractivity contribution in [3.63, 3.8) is 0 Å². The third kappa shape index (κ3) is 1.78. The van der Waals surface area contributed by atoms with Crippen LogP contribution in [-0.4, -0.2) is 21.8 Å². The molecule has 1 aliphatic heterocycles. The Kier molecular flexibility index (Phi) is 2.63. The molecular weight excluding hydrogens is 265 g/mol. The van der Waals surface area contributed by atoms with E-state index in [4.69, 9.17) is 4.52 Å². The quantitative estimate of drug-likeness (QED) is 0.777. The van der Waals surface area contributed by atoms with Gasteiger partial charge in [-0.05, 0) is 24.6 Å². The number of anilines is 1. The highest BCUT2D eigenvalue weighted by atomic mass is 19.1. The van der Waals surface area contributed by atoms with Crippen LogP contribution >= 0.6 is 0 Å². The van der Waals surface area contributed by atoms with Gasteiger partial charge >= 0.3 is 0 Å². The Morgan fingerprint density at radius 1 is 1.30 bits per heavy atom.